The lowest BCUT2D eigenvalue weighted by Gasteiger charge is -2.05. The number of para-hydroxylation sites is 1. The highest BCUT2D eigenvalue weighted by Gasteiger charge is 2.04. The Morgan fingerprint density at radius 1 is 0.571 bits per heavy atom. The lowest BCUT2D eigenvalue weighted by atomic mass is 10.0. The lowest BCUT2D eigenvalue weighted by Crippen LogP contribution is -2.07. The van der Waals surface area contributed by atoms with Crippen LogP contribution in [0.25, 0.3) is 0 Å². The first kappa shape index (κ1) is 22.2. The first-order valence-electron chi connectivity index (χ1n) is 11.1. The summed E-state index contributed by atoms with van der Waals surface area (Å²) < 4.78 is 5.30. The molecule has 0 amide bonds. The van der Waals surface area contributed by atoms with Crippen LogP contribution in [0, 0.1) is 0 Å². The summed E-state index contributed by atoms with van der Waals surface area (Å²) in [4.78, 5) is 11.8. The molecule has 0 saturated carbocycles. The van der Waals surface area contributed by atoms with E-state index in [0.717, 1.165) is 12.8 Å². The maximum atomic E-state index is 11.8. The van der Waals surface area contributed by atoms with Gasteiger partial charge in [0.05, 0.1) is 0 Å². The third-order valence-corrected chi connectivity index (χ3v) is 5.16. The minimum absolute atomic E-state index is 0.113. The molecule has 28 heavy (non-hydrogen) atoms. The van der Waals surface area contributed by atoms with Crippen LogP contribution in [0.2, 0.25) is 0 Å². The van der Waals surface area contributed by atoms with Gasteiger partial charge in [-0.3, -0.25) is 4.79 Å². The molecule has 0 aliphatic heterocycles. The molecule has 0 N–H and O–H groups in total. The van der Waals surface area contributed by atoms with Gasteiger partial charge in [-0.25, -0.2) is 0 Å². The van der Waals surface area contributed by atoms with Crippen LogP contribution in [0.4, 0.5) is 0 Å². The largest absolute Gasteiger partial charge is 0.427 e. The van der Waals surface area contributed by atoms with Crippen LogP contribution in [-0.2, 0) is 11.2 Å². The fraction of sp³-hybridized carbons (Fsp3) is 0.500. The van der Waals surface area contributed by atoms with Gasteiger partial charge in [0, 0.05) is 6.42 Å². The van der Waals surface area contributed by atoms with Crippen molar-refractivity contribution in [1.29, 1.82) is 0 Å². The Bertz CT molecular complexity index is 621. The smallest absolute Gasteiger partial charge is 0.311 e. The van der Waals surface area contributed by atoms with Gasteiger partial charge in [-0.1, -0.05) is 106 Å². The Kier molecular flexibility index (Phi) is 11.8. The second kappa shape index (κ2) is 14.9. The third kappa shape index (κ3) is 10.9. The number of rotatable bonds is 15. The molecular weight excluding hydrogens is 344 g/mol. The molecule has 0 heterocycles. The Morgan fingerprint density at radius 3 is 1.61 bits per heavy atom. The van der Waals surface area contributed by atoms with Crippen molar-refractivity contribution in [1.82, 2.24) is 0 Å². The fourth-order valence-corrected chi connectivity index (χ4v) is 3.51. The average Bonchev–Trinajstić information content (AvgIpc) is 2.73. The van der Waals surface area contributed by atoms with Crippen LogP contribution in [0.5, 0.6) is 5.75 Å². The zero-order chi connectivity index (χ0) is 19.7. The summed E-state index contributed by atoms with van der Waals surface area (Å²) in [6, 6.07) is 20.1. The van der Waals surface area contributed by atoms with Crippen molar-refractivity contribution in [2.75, 3.05) is 0 Å². The van der Waals surface area contributed by atoms with Gasteiger partial charge in [0.15, 0.2) is 0 Å². The van der Waals surface area contributed by atoms with Crippen molar-refractivity contribution in [3.63, 3.8) is 0 Å². The van der Waals surface area contributed by atoms with Gasteiger partial charge in [-0.2, -0.15) is 0 Å². The van der Waals surface area contributed by atoms with Gasteiger partial charge in [0.1, 0.15) is 5.75 Å². The maximum Gasteiger partial charge on any atom is 0.311 e. The summed E-state index contributed by atoms with van der Waals surface area (Å²) in [6.45, 7) is 0. The highest BCUT2D eigenvalue weighted by molar-refractivity contribution is 5.72. The zero-order valence-electron chi connectivity index (χ0n) is 17.3. The van der Waals surface area contributed by atoms with E-state index in [4.69, 9.17) is 4.74 Å². The van der Waals surface area contributed by atoms with Gasteiger partial charge >= 0.3 is 5.97 Å². The van der Waals surface area contributed by atoms with E-state index in [1.54, 1.807) is 0 Å². The van der Waals surface area contributed by atoms with E-state index in [-0.39, 0.29) is 5.97 Å². The van der Waals surface area contributed by atoms with E-state index in [9.17, 15) is 4.79 Å². The summed E-state index contributed by atoms with van der Waals surface area (Å²) in [6.07, 6.45) is 15.8. The number of carbonyl (C=O) groups is 1. The molecule has 0 bridgehead atoms. The van der Waals surface area contributed by atoms with Crippen molar-refractivity contribution < 1.29 is 9.53 Å². The lowest BCUT2D eigenvalue weighted by molar-refractivity contribution is -0.134. The standard InChI is InChI=1S/C26H36O2/c27-26(28-25-21-15-11-16-22-25)23-17-9-7-5-3-1-2-4-6-8-12-18-24-19-13-10-14-20-24/h10-11,13-16,19-22H,1-9,12,17-18,23H2. The van der Waals surface area contributed by atoms with Gasteiger partial charge in [-0.15, -0.1) is 0 Å². The van der Waals surface area contributed by atoms with Crippen LogP contribution >= 0.6 is 0 Å². The summed E-state index contributed by atoms with van der Waals surface area (Å²) in [5.41, 5.74) is 1.47. The van der Waals surface area contributed by atoms with Gasteiger partial charge < -0.3 is 4.74 Å². The molecule has 0 atom stereocenters. The van der Waals surface area contributed by atoms with E-state index >= 15 is 0 Å². The number of unbranched alkanes of at least 4 members (excludes halogenated alkanes) is 10. The Hall–Kier alpha value is -2.09. The number of hydrogen-bond acceptors (Lipinski definition) is 2. The second-order valence-corrected chi connectivity index (χ2v) is 7.66. The van der Waals surface area contributed by atoms with Crippen LogP contribution < -0.4 is 4.74 Å². The normalized spacial score (nSPS) is 10.7. The highest BCUT2D eigenvalue weighted by Crippen LogP contribution is 2.14. The Labute approximate surface area is 171 Å². The van der Waals surface area contributed by atoms with Crippen molar-refractivity contribution in [3.05, 3.63) is 66.2 Å². The number of esters is 1. The van der Waals surface area contributed by atoms with E-state index in [2.05, 4.69) is 30.3 Å². The quantitative estimate of drug-likeness (QED) is 0.181. The average molecular weight is 381 g/mol. The van der Waals surface area contributed by atoms with Gasteiger partial charge in [0.2, 0.25) is 0 Å². The summed E-state index contributed by atoms with van der Waals surface area (Å²) in [5, 5.41) is 0. The van der Waals surface area contributed by atoms with Crippen LogP contribution in [-0.4, -0.2) is 5.97 Å². The van der Waals surface area contributed by atoms with Crippen molar-refractivity contribution >= 4 is 5.97 Å². The summed E-state index contributed by atoms with van der Waals surface area (Å²) in [5.74, 6) is 0.533. The summed E-state index contributed by atoms with van der Waals surface area (Å²) in [7, 11) is 0. The van der Waals surface area contributed by atoms with E-state index < -0.39 is 0 Å². The number of ether oxygens (including phenoxy) is 1. The molecule has 0 fully saturated rings. The molecule has 2 aromatic rings. The second-order valence-electron chi connectivity index (χ2n) is 7.66. The Balaban J connectivity index is 1.31. The topological polar surface area (TPSA) is 26.3 Å². The molecule has 2 heteroatoms. The first-order valence-corrected chi connectivity index (χ1v) is 11.1. The number of hydrogen-bond donors (Lipinski definition) is 0. The van der Waals surface area contributed by atoms with Crippen LogP contribution in [0.3, 0.4) is 0 Å². The summed E-state index contributed by atoms with van der Waals surface area (Å²) >= 11 is 0. The minimum Gasteiger partial charge on any atom is -0.427 e. The fourth-order valence-electron chi connectivity index (χ4n) is 3.51. The molecule has 0 aliphatic rings. The molecule has 0 unspecified atom stereocenters. The van der Waals surface area contributed by atoms with E-state index in [0.29, 0.717) is 12.2 Å². The highest BCUT2D eigenvalue weighted by atomic mass is 16.5. The molecule has 0 radical (unpaired) electrons. The van der Waals surface area contributed by atoms with Crippen molar-refractivity contribution in [3.8, 4) is 5.75 Å². The molecule has 152 valence electrons. The molecule has 2 aromatic carbocycles. The molecular formula is C26H36O2. The molecule has 2 nitrogen and oxygen atoms in total. The van der Waals surface area contributed by atoms with Crippen LogP contribution in [0.15, 0.2) is 60.7 Å². The van der Waals surface area contributed by atoms with E-state index in [1.807, 2.05) is 30.3 Å². The maximum absolute atomic E-state index is 11.8. The van der Waals surface area contributed by atoms with Gasteiger partial charge in [-0.05, 0) is 37.0 Å². The first-order chi connectivity index (χ1) is 13.8. The number of aryl methyl sites for hydroxylation is 1. The molecule has 0 saturated heterocycles. The van der Waals surface area contributed by atoms with Crippen LogP contribution in [0.1, 0.15) is 82.6 Å². The molecule has 0 spiro atoms. The predicted molar refractivity (Wildman–Crippen MR) is 118 cm³/mol. The van der Waals surface area contributed by atoms with Crippen molar-refractivity contribution in [2.45, 2.75) is 83.5 Å². The van der Waals surface area contributed by atoms with Gasteiger partial charge in [0.25, 0.3) is 0 Å². The van der Waals surface area contributed by atoms with Crippen molar-refractivity contribution in [2.24, 2.45) is 0 Å². The third-order valence-electron chi connectivity index (χ3n) is 5.16. The van der Waals surface area contributed by atoms with E-state index in [1.165, 1.54) is 69.8 Å². The molecule has 2 rings (SSSR count). The molecule has 0 aromatic heterocycles. The number of carbonyl (C=O) groups excluding carboxylic acids is 1. The Morgan fingerprint density at radius 2 is 1.04 bits per heavy atom. The molecule has 0 aliphatic carbocycles. The monoisotopic (exact) mass is 380 g/mol. The number of benzene rings is 2. The minimum atomic E-state index is -0.113. The zero-order valence-corrected chi connectivity index (χ0v) is 17.3. The predicted octanol–water partition coefficient (Wildman–Crippen LogP) is 7.52. The SMILES string of the molecule is O=C(CCCCCCCCCCCCCc1ccccc1)Oc1ccccc1.